The lowest BCUT2D eigenvalue weighted by atomic mass is 10.1. The molecule has 0 aliphatic heterocycles. The molecule has 5 heteroatoms. The van der Waals surface area contributed by atoms with E-state index in [0.717, 1.165) is 16.9 Å². The molecule has 0 saturated carbocycles. The first-order chi connectivity index (χ1) is 10.6. The number of carbonyl (C=O) groups is 2. The average Bonchev–Trinajstić information content (AvgIpc) is 2.54. The molecule has 0 fully saturated rings. The molecule has 0 spiro atoms. The van der Waals surface area contributed by atoms with Crippen LogP contribution in [0.2, 0.25) is 0 Å². The molecule has 0 aliphatic carbocycles. The van der Waals surface area contributed by atoms with Gasteiger partial charge >= 0.3 is 0 Å². The van der Waals surface area contributed by atoms with Crippen LogP contribution < -0.4 is 10.9 Å². The molecule has 2 amide bonds. The quantitative estimate of drug-likeness (QED) is 0.853. The molecule has 0 unspecified atom stereocenters. The first kappa shape index (κ1) is 16.1. The fourth-order valence-electron chi connectivity index (χ4n) is 2.00. The summed E-state index contributed by atoms with van der Waals surface area (Å²) in [7, 11) is 0. The molecular formula is C17H18N2O2S. The monoisotopic (exact) mass is 314 g/mol. The van der Waals surface area contributed by atoms with Crippen molar-refractivity contribution in [2.45, 2.75) is 12.7 Å². The summed E-state index contributed by atoms with van der Waals surface area (Å²) in [5, 5.41) is 0. The van der Waals surface area contributed by atoms with Gasteiger partial charge in [0.25, 0.3) is 11.8 Å². The summed E-state index contributed by atoms with van der Waals surface area (Å²) < 4.78 is 0. The van der Waals surface area contributed by atoms with Crippen molar-refractivity contribution in [3.8, 4) is 0 Å². The number of carbonyl (C=O) groups excluding carboxylic acids is 2. The Balaban J connectivity index is 1.95. The van der Waals surface area contributed by atoms with E-state index >= 15 is 0 Å². The molecule has 0 saturated heterocycles. The van der Waals surface area contributed by atoms with Crippen LogP contribution >= 0.6 is 11.8 Å². The summed E-state index contributed by atoms with van der Waals surface area (Å²) in [6, 6.07) is 14.5. The average molecular weight is 314 g/mol. The van der Waals surface area contributed by atoms with Crippen LogP contribution in [-0.2, 0) is 5.75 Å². The normalized spacial score (nSPS) is 10.1. The Kier molecular flexibility index (Phi) is 5.61. The number of thioether (sulfide) groups is 1. The molecule has 0 heterocycles. The summed E-state index contributed by atoms with van der Waals surface area (Å²) >= 11 is 1.72. The third-order valence-electron chi connectivity index (χ3n) is 3.21. The molecule has 2 aromatic rings. The Hall–Kier alpha value is -2.27. The summed E-state index contributed by atoms with van der Waals surface area (Å²) in [5.41, 5.74) is 7.93. The first-order valence-electron chi connectivity index (χ1n) is 6.86. The smallest absolute Gasteiger partial charge is 0.267 e. The Morgan fingerprint density at radius 1 is 0.955 bits per heavy atom. The van der Waals surface area contributed by atoms with Gasteiger partial charge in [0.2, 0.25) is 0 Å². The Morgan fingerprint density at radius 2 is 1.59 bits per heavy atom. The highest BCUT2D eigenvalue weighted by atomic mass is 32.2. The molecule has 2 N–H and O–H groups in total. The Morgan fingerprint density at radius 3 is 2.23 bits per heavy atom. The van der Waals surface area contributed by atoms with Crippen molar-refractivity contribution in [3.63, 3.8) is 0 Å². The second-order valence-electron chi connectivity index (χ2n) is 4.85. The van der Waals surface area contributed by atoms with E-state index in [2.05, 4.69) is 10.9 Å². The molecule has 0 bridgehead atoms. The summed E-state index contributed by atoms with van der Waals surface area (Å²) in [5.74, 6) is 0.245. The minimum Gasteiger partial charge on any atom is -0.267 e. The SMILES string of the molecule is CSCc1ccc(C(=O)NNC(=O)c2ccccc2C)cc1. The molecule has 22 heavy (non-hydrogen) atoms. The van der Waals surface area contributed by atoms with E-state index < -0.39 is 0 Å². The highest BCUT2D eigenvalue weighted by Crippen LogP contribution is 2.10. The van der Waals surface area contributed by atoms with Crippen molar-refractivity contribution < 1.29 is 9.59 Å². The minimum absolute atomic E-state index is 0.328. The molecule has 4 nitrogen and oxygen atoms in total. The number of rotatable bonds is 4. The predicted octanol–water partition coefficient (Wildman–Crippen LogP) is 2.93. The summed E-state index contributed by atoms with van der Waals surface area (Å²) in [6.45, 7) is 1.85. The van der Waals surface area contributed by atoms with E-state index in [1.54, 1.807) is 36.0 Å². The van der Waals surface area contributed by atoms with Gasteiger partial charge < -0.3 is 0 Å². The molecule has 114 valence electrons. The van der Waals surface area contributed by atoms with Crippen molar-refractivity contribution in [2.24, 2.45) is 0 Å². The van der Waals surface area contributed by atoms with Crippen LogP contribution in [0.15, 0.2) is 48.5 Å². The van der Waals surface area contributed by atoms with Gasteiger partial charge in [0, 0.05) is 16.9 Å². The highest BCUT2D eigenvalue weighted by molar-refractivity contribution is 7.97. The molecule has 2 rings (SSSR count). The standard InChI is InChI=1S/C17H18N2O2S/c1-12-5-3-4-6-15(12)17(21)19-18-16(20)14-9-7-13(8-10-14)11-22-2/h3-10H,11H2,1-2H3,(H,18,20)(H,19,21). The van der Waals surface area contributed by atoms with Gasteiger partial charge in [0.15, 0.2) is 0 Å². The molecule has 2 aromatic carbocycles. The fraction of sp³-hybridized carbons (Fsp3) is 0.176. The van der Waals surface area contributed by atoms with Gasteiger partial charge in [-0.15, -0.1) is 0 Å². The van der Waals surface area contributed by atoms with Crippen LogP contribution in [-0.4, -0.2) is 18.1 Å². The van der Waals surface area contributed by atoms with E-state index in [-0.39, 0.29) is 11.8 Å². The third-order valence-corrected chi connectivity index (χ3v) is 3.83. The Bertz CT molecular complexity index is 669. The van der Waals surface area contributed by atoms with E-state index in [4.69, 9.17) is 0 Å². The van der Waals surface area contributed by atoms with Crippen LogP contribution in [0.4, 0.5) is 0 Å². The molecular weight excluding hydrogens is 296 g/mol. The van der Waals surface area contributed by atoms with Crippen molar-refractivity contribution >= 4 is 23.6 Å². The maximum absolute atomic E-state index is 12.0. The van der Waals surface area contributed by atoms with Gasteiger partial charge in [-0.3, -0.25) is 20.4 Å². The predicted molar refractivity (Wildman–Crippen MR) is 89.8 cm³/mol. The number of nitrogens with one attached hydrogen (secondary N) is 2. The topological polar surface area (TPSA) is 58.2 Å². The highest BCUT2D eigenvalue weighted by Gasteiger charge is 2.10. The fourth-order valence-corrected chi connectivity index (χ4v) is 2.53. The lowest BCUT2D eigenvalue weighted by molar-refractivity contribution is 0.0846. The third kappa shape index (κ3) is 4.11. The summed E-state index contributed by atoms with van der Waals surface area (Å²) in [4.78, 5) is 24.0. The van der Waals surface area contributed by atoms with Gasteiger partial charge in [0.1, 0.15) is 0 Å². The molecule has 0 aliphatic rings. The lowest BCUT2D eigenvalue weighted by Gasteiger charge is -2.09. The van der Waals surface area contributed by atoms with Crippen LogP contribution in [0, 0.1) is 6.92 Å². The number of amides is 2. The molecule has 0 radical (unpaired) electrons. The number of hydrazine groups is 1. The van der Waals surface area contributed by atoms with Crippen molar-refractivity contribution in [3.05, 3.63) is 70.8 Å². The first-order valence-corrected chi connectivity index (χ1v) is 8.25. The van der Waals surface area contributed by atoms with Crippen LogP contribution in [0.3, 0.4) is 0 Å². The van der Waals surface area contributed by atoms with Gasteiger partial charge in [0.05, 0.1) is 0 Å². The van der Waals surface area contributed by atoms with Crippen LogP contribution in [0.1, 0.15) is 31.8 Å². The number of hydrogen-bond donors (Lipinski definition) is 2. The zero-order valence-electron chi connectivity index (χ0n) is 12.6. The maximum Gasteiger partial charge on any atom is 0.269 e. The van der Waals surface area contributed by atoms with Crippen molar-refractivity contribution in [1.82, 2.24) is 10.9 Å². The Labute approximate surface area is 134 Å². The molecule has 0 aromatic heterocycles. The van der Waals surface area contributed by atoms with E-state index in [0.29, 0.717) is 11.1 Å². The lowest BCUT2D eigenvalue weighted by Crippen LogP contribution is -2.41. The second-order valence-corrected chi connectivity index (χ2v) is 5.72. The van der Waals surface area contributed by atoms with Crippen molar-refractivity contribution in [1.29, 1.82) is 0 Å². The van der Waals surface area contributed by atoms with Gasteiger partial charge in [-0.05, 0) is 42.5 Å². The van der Waals surface area contributed by atoms with Crippen LogP contribution in [0.5, 0.6) is 0 Å². The van der Waals surface area contributed by atoms with Gasteiger partial charge in [-0.25, -0.2) is 0 Å². The van der Waals surface area contributed by atoms with Gasteiger partial charge in [-0.1, -0.05) is 30.3 Å². The van der Waals surface area contributed by atoms with Gasteiger partial charge in [-0.2, -0.15) is 11.8 Å². The second kappa shape index (κ2) is 7.66. The maximum atomic E-state index is 12.0. The minimum atomic E-state index is -0.336. The van der Waals surface area contributed by atoms with E-state index in [9.17, 15) is 9.59 Å². The van der Waals surface area contributed by atoms with Crippen molar-refractivity contribution in [2.75, 3.05) is 6.26 Å². The zero-order valence-corrected chi connectivity index (χ0v) is 13.4. The van der Waals surface area contributed by atoms with E-state index in [1.807, 2.05) is 37.4 Å². The van der Waals surface area contributed by atoms with E-state index in [1.165, 1.54) is 0 Å². The number of benzene rings is 2. The largest absolute Gasteiger partial charge is 0.269 e. The molecule has 0 atom stereocenters. The summed E-state index contributed by atoms with van der Waals surface area (Å²) in [6.07, 6.45) is 2.03. The number of hydrogen-bond acceptors (Lipinski definition) is 3. The van der Waals surface area contributed by atoms with Crippen LogP contribution in [0.25, 0.3) is 0 Å². The number of aryl methyl sites for hydroxylation is 1. The zero-order chi connectivity index (χ0) is 15.9.